The topological polar surface area (TPSA) is 59.8 Å². The van der Waals surface area contributed by atoms with Gasteiger partial charge in [0.1, 0.15) is 0 Å². The van der Waals surface area contributed by atoms with Crippen molar-refractivity contribution in [2.45, 2.75) is 20.4 Å². The summed E-state index contributed by atoms with van der Waals surface area (Å²) in [6.07, 6.45) is 0. The molecule has 2 aromatic heterocycles. The van der Waals surface area contributed by atoms with Crippen LogP contribution in [0.15, 0.2) is 53.9 Å². The van der Waals surface area contributed by atoms with Gasteiger partial charge in [-0.25, -0.2) is 4.98 Å². The van der Waals surface area contributed by atoms with E-state index >= 15 is 0 Å². The van der Waals surface area contributed by atoms with Crippen LogP contribution in [0, 0.1) is 6.92 Å². The SMILES string of the molecule is CCn1nc(C(=O)Nc2nc(-c3ccc4ccccc4c3)cs2)cc1C. The molecule has 2 aromatic carbocycles. The van der Waals surface area contributed by atoms with E-state index < -0.39 is 0 Å². The highest BCUT2D eigenvalue weighted by Gasteiger charge is 2.14. The zero-order chi connectivity index (χ0) is 18.1. The molecule has 0 fully saturated rings. The Kier molecular flexibility index (Phi) is 4.26. The van der Waals surface area contributed by atoms with E-state index in [1.165, 1.54) is 22.1 Å². The molecule has 0 radical (unpaired) electrons. The highest BCUT2D eigenvalue weighted by molar-refractivity contribution is 7.14. The van der Waals surface area contributed by atoms with Gasteiger partial charge in [-0.1, -0.05) is 36.4 Å². The predicted octanol–water partition coefficient (Wildman–Crippen LogP) is 4.74. The van der Waals surface area contributed by atoms with Gasteiger partial charge in [0.25, 0.3) is 5.91 Å². The second kappa shape index (κ2) is 6.72. The van der Waals surface area contributed by atoms with E-state index in [2.05, 4.69) is 45.7 Å². The highest BCUT2D eigenvalue weighted by atomic mass is 32.1. The van der Waals surface area contributed by atoms with Crippen LogP contribution in [0.25, 0.3) is 22.0 Å². The van der Waals surface area contributed by atoms with E-state index in [4.69, 9.17) is 0 Å². The Balaban J connectivity index is 1.56. The van der Waals surface area contributed by atoms with Crippen molar-refractivity contribution in [1.29, 1.82) is 0 Å². The van der Waals surface area contributed by atoms with Crippen LogP contribution in [-0.4, -0.2) is 20.7 Å². The van der Waals surface area contributed by atoms with Gasteiger partial charge in [0, 0.05) is 23.2 Å². The molecular weight excluding hydrogens is 344 g/mol. The molecule has 0 atom stereocenters. The van der Waals surface area contributed by atoms with Crippen LogP contribution in [0.5, 0.6) is 0 Å². The van der Waals surface area contributed by atoms with E-state index in [0.29, 0.717) is 10.8 Å². The molecule has 4 aromatic rings. The number of carbonyl (C=O) groups is 1. The minimum atomic E-state index is -0.236. The largest absolute Gasteiger partial charge is 0.296 e. The van der Waals surface area contributed by atoms with Crippen molar-refractivity contribution in [1.82, 2.24) is 14.8 Å². The molecule has 26 heavy (non-hydrogen) atoms. The molecule has 0 saturated heterocycles. The summed E-state index contributed by atoms with van der Waals surface area (Å²) in [6, 6.07) is 16.3. The van der Waals surface area contributed by atoms with E-state index in [1.807, 2.05) is 31.4 Å². The van der Waals surface area contributed by atoms with Gasteiger partial charge in [-0.2, -0.15) is 5.10 Å². The minimum Gasteiger partial charge on any atom is -0.296 e. The summed E-state index contributed by atoms with van der Waals surface area (Å²) in [7, 11) is 0. The van der Waals surface area contributed by atoms with E-state index in [1.54, 1.807) is 10.7 Å². The van der Waals surface area contributed by atoms with Crippen LogP contribution in [-0.2, 0) is 6.54 Å². The number of nitrogens with zero attached hydrogens (tertiary/aromatic N) is 3. The van der Waals surface area contributed by atoms with Crippen molar-refractivity contribution in [2.24, 2.45) is 0 Å². The maximum Gasteiger partial charge on any atom is 0.277 e. The van der Waals surface area contributed by atoms with Crippen LogP contribution in [0.2, 0.25) is 0 Å². The van der Waals surface area contributed by atoms with Gasteiger partial charge in [-0.15, -0.1) is 11.3 Å². The number of rotatable bonds is 4. The number of nitrogens with one attached hydrogen (secondary N) is 1. The summed E-state index contributed by atoms with van der Waals surface area (Å²) in [5, 5.41) is 12.0. The molecule has 0 unspecified atom stereocenters. The lowest BCUT2D eigenvalue weighted by atomic mass is 10.1. The summed E-state index contributed by atoms with van der Waals surface area (Å²) in [5.74, 6) is -0.236. The molecule has 1 N–H and O–H groups in total. The fourth-order valence-corrected chi connectivity index (χ4v) is 3.63. The number of fused-ring (bicyclic) bond motifs is 1. The van der Waals surface area contributed by atoms with Gasteiger partial charge in [0.05, 0.1) is 5.69 Å². The zero-order valence-electron chi connectivity index (χ0n) is 14.6. The van der Waals surface area contributed by atoms with Crippen LogP contribution >= 0.6 is 11.3 Å². The normalized spacial score (nSPS) is 11.0. The summed E-state index contributed by atoms with van der Waals surface area (Å²) >= 11 is 1.41. The van der Waals surface area contributed by atoms with E-state index in [-0.39, 0.29) is 5.91 Å². The molecule has 0 aliphatic carbocycles. The van der Waals surface area contributed by atoms with Crippen molar-refractivity contribution in [3.05, 3.63) is 65.3 Å². The predicted molar refractivity (Wildman–Crippen MR) is 106 cm³/mol. The fourth-order valence-electron chi connectivity index (χ4n) is 2.91. The first-order valence-electron chi connectivity index (χ1n) is 8.44. The quantitative estimate of drug-likeness (QED) is 0.570. The number of thiazole rings is 1. The molecule has 0 bridgehead atoms. The van der Waals surface area contributed by atoms with Crippen molar-refractivity contribution < 1.29 is 4.79 Å². The number of hydrogen-bond donors (Lipinski definition) is 1. The third-order valence-corrected chi connectivity index (χ3v) is 5.04. The highest BCUT2D eigenvalue weighted by Crippen LogP contribution is 2.28. The standard InChI is InChI=1S/C20H18N4OS/c1-3-24-13(2)10-17(23-24)19(25)22-20-21-18(12-26-20)16-9-8-14-6-4-5-7-15(14)11-16/h4-12H,3H2,1-2H3,(H,21,22,25). The molecule has 6 heteroatoms. The average molecular weight is 362 g/mol. The smallest absolute Gasteiger partial charge is 0.277 e. The number of carbonyl (C=O) groups excluding carboxylic acids is 1. The second-order valence-corrected chi connectivity index (χ2v) is 6.90. The molecule has 2 heterocycles. The van der Waals surface area contributed by atoms with Gasteiger partial charge in [-0.05, 0) is 36.8 Å². The molecule has 0 spiro atoms. The minimum absolute atomic E-state index is 0.236. The summed E-state index contributed by atoms with van der Waals surface area (Å²) in [4.78, 5) is 17.0. The molecule has 4 rings (SSSR count). The Morgan fingerprint density at radius 2 is 1.96 bits per heavy atom. The fraction of sp³-hybridized carbons (Fsp3) is 0.150. The third-order valence-electron chi connectivity index (χ3n) is 4.28. The maximum atomic E-state index is 12.4. The number of benzene rings is 2. The summed E-state index contributed by atoms with van der Waals surface area (Å²) < 4.78 is 1.80. The Morgan fingerprint density at radius 1 is 1.15 bits per heavy atom. The number of anilines is 1. The summed E-state index contributed by atoms with van der Waals surface area (Å²) in [5.41, 5.74) is 3.26. The molecular formula is C20H18N4OS. The Hall–Kier alpha value is -2.99. The Morgan fingerprint density at radius 3 is 2.73 bits per heavy atom. The van der Waals surface area contributed by atoms with Crippen LogP contribution in [0.4, 0.5) is 5.13 Å². The average Bonchev–Trinajstić information content (AvgIpc) is 3.27. The lowest BCUT2D eigenvalue weighted by molar-refractivity contribution is 0.102. The lowest BCUT2D eigenvalue weighted by Gasteiger charge is -2.01. The van der Waals surface area contributed by atoms with Crippen LogP contribution < -0.4 is 5.32 Å². The van der Waals surface area contributed by atoms with Gasteiger partial charge >= 0.3 is 0 Å². The van der Waals surface area contributed by atoms with Crippen molar-refractivity contribution >= 4 is 33.1 Å². The van der Waals surface area contributed by atoms with E-state index in [0.717, 1.165) is 23.5 Å². The first kappa shape index (κ1) is 16.5. The first-order chi connectivity index (χ1) is 12.6. The van der Waals surface area contributed by atoms with Crippen LogP contribution in [0.3, 0.4) is 0 Å². The number of hydrogen-bond acceptors (Lipinski definition) is 4. The van der Waals surface area contributed by atoms with E-state index in [9.17, 15) is 4.79 Å². The van der Waals surface area contributed by atoms with Gasteiger partial charge in [0.2, 0.25) is 0 Å². The van der Waals surface area contributed by atoms with Crippen molar-refractivity contribution in [2.75, 3.05) is 5.32 Å². The van der Waals surface area contributed by atoms with Crippen LogP contribution in [0.1, 0.15) is 23.1 Å². The first-order valence-corrected chi connectivity index (χ1v) is 9.32. The molecule has 0 saturated carbocycles. The zero-order valence-corrected chi connectivity index (χ0v) is 15.4. The number of amides is 1. The molecule has 0 aliphatic rings. The molecule has 5 nitrogen and oxygen atoms in total. The van der Waals surface area contributed by atoms with Gasteiger partial charge in [-0.3, -0.25) is 14.8 Å². The monoisotopic (exact) mass is 362 g/mol. The molecule has 1 amide bonds. The molecule has 130 valence electrons. The van der Waals surface area contributed by atoms with Crippen molar-refractivity contribution in [3.63, 3.8) is 0 Å². The summed E-state index contributed by atoms with van der Waals surface area (Å²) in [6.45, 7) is 4.68. The lowest BCUT2D eigenvalue weighted by Crippen LogP contribution is -2.13. The second-order valence-electron chi connectivity index (χ2n) is 6.04. The Labute approximate surface area is 155 Å². The number of aromatic nitrogens is 3. The van der Waals surface area contributed by atoms with Gasteiger partial charge in [0.15, 0.2) is 10.8 Å². The Bertz CT molecular complexity index is 1100. The number of aryl methyl sites for hydroxylation is 2. The van der Waals surface area contributed by atoms with Gasteiger partial charge < -0.3 is 0 Å². The maximum absolute atomic E-state index is 12.4. The molecule has 0 aliphatic heterocycles. The van der Waals surface area contributed by atoms with Crippen molar-refractivity contribution in [3.8, 4) is 11.3 Å². The third kappa shape index (κ3) is 3.11.